The molecule has 0 saturated heterocycles. The molecule has 0 radical (unpaired) electrons. The molecular formula is C12H18N2. The number of nitrogens with one attached hydrogen (secondary N) is 1. The number of rotatable bonds is 5. The molecule has 1 aromatic rings. The Kier molecular flexibility index (Phi) is 3.72. The monoisotopic (exact) mass is 190 g/mol. The third-order valence-corrected chi connectivity index (χ3v) is 2.36. The van der Waals surface area contributed by atoms with Crippen LogP contribution in [0.1, 0.15) is 19.0 Å². The molecule has 2 heteroatoms. The Labute approximate surface area is 85.9 Å². The van der Waals surface area contributed by atoms with Gasteiger partial charge in [0.15, 0.2) is 0 Å². The van der Waals surface area contributed by atoms with Crippen molar-refractivity contribution in [3.63, 3.8) is 0 Å². The SMILES string of the molecule is C=Cc1cccn1C(=C)CC(C)NC. The fraction of sp³-hybridized carbons (Fsp3) is 0.333. The summed E-state index contributed by atoms with van der Waals surface area (Å²) in [5.74, 6) is 0. The van der Waals surface area contributed by atoms with E-state index in [0.717, 1.165) is 17.8 Å². The quantitative estimate of drug-likeness (QED) is 0.755. The number of hydrogen-bond donors (Lipinski definition) is 1. The van der Waals surface area contributed by atoms with Crippen molar-refractivity contribution >= 4 is 11.8 Å². The van der Waals surface area contributed by atoms with E-state index in [1.54, 1.807) is 0 Å². The number of nitrogens with zero attached hydrogens (tertiary/aromatic N) is 1. The summed E-state index contributed by atoms with van der Waals surface area (Å²) in [6.07, 6.45) is 4.79. The van der Waals surface area contributed by atoms with Crippen LogP contribution in [-0.2, 0) is 0 Å². The van der Waals surface area contributed by atoms with E-state index in [-0.39, 0.29) is 0 Å². The van der Waals surface area contributed by atoms with Gasteiger partial charge in [-0.1, -0.05) is 13.2 Å². The number of hydrogen-bond acceptors (Lipinski definition) is 1. The molecule has 0 spiro atoms. The first-order chi connectivity index (χ1) is 6.69. The molecular weight excluding hydrogens is 172 g/mol. The minimum absolute atomic E-state index is 0.447. The Hall–Kier alpha value is -1.28. The predicted octanol–water partition coefficient (Wildman–Crippen LogP) is 2.60. The minimum atomic E-state index is 0.447. The normalized spacial score (nSPS) is 12.4. The van der Waals surface area contributed by atoms with Gasteiger partial charge in [-0.3, -0.25) is 0 Å². The number of aromatic nitrogens is 1. The molecule has 0 aliphatic carbocycles. The topological polar surface area (TPSA) is 17.0 Å². The summed E-state index contributed by atoms with van der Waals surface area (Å²) in [7, 11) is 1.96. The maximum Gasteiger partial charge on any atom is 0.0446 e. The van der Waals surface area contributed by atoms with Crippen LogP contribution in [0.3, 0.4) is 0 Å². The molecule has 76 valence electrons. The fourth-order valence-electron chi connectivity index (χ4n) is 1.40. The Morgan fingerprint density at radius 3 is 3.00 bits per heavy atom. The summed E-state index contributed by atoms with van der Waals surface area (Å²) in [5.41, 5.74) is 2.19. The summed E-state index contributed by atoms with van der Waals surface area (Å²) < 4.78 is 2.07. The zero-order valence-electron chi connectivity index (χ0n) is 8.96. The van der Waals surface area contributed by atoms with Crippen molar-refractivity contribution in [1.29, 1.82) is 0 Å². The van der Waals surface area contributed by atoms with E-state index in [1.807, 2.05) is 31.5 Å². The molecule has 1 aromatic heterocycles. The van der Waals surface area contributed by atoms with Gasteiger partial charge < -0.3 is 9.88 Å². The van der Waals surface area contributed by atoms with Crippen LogP contribution >= 0.6 is 0 Å². The highest BCUT2D eigenvalue weighted by molar-refractivity contribution is 5.53. The maximum absolute atomic E-state index is 4.07. The van der Waals surface area contributed by atoms with E-state index in [1.165, 1.54) is 0 Å². The second kappa shape index (κ2) is 4.82. The van der Waals surface area contributed by atoms with Crippen molar-refractivity contribution in [3.05, 3.63) is 37.2 Å². The van der Waals surface area contributed by atoms with Gasteiger partial charge >= 0.3 is 0 Å². The van der Waals surface area contributed by atoms with Gasteiger partial charge in [0.2, 0.25) is 0 Å². The molecule has 2 nitrogen and oxygen atoms in total. The van der Waals surface area contributed by atoms with Crippen molar-refractivity contribution in [2.45, 2.75) is 19.4 Å². The zero-order valence-corrected chi connectivity index (χ0v) is 8.96. The molecule has 1 unspecified atom stereocenters. The zero-order chi connectivity index (χ0) is 10.6. The summed E-state index contributed by atoms with van der Waals surface area (Å²) in [4.78, 5) is 0. The van der Waals surface area contributed by atoms with E-state index >= 15 is 0 Å². The lowest BCUT2D eigenvalue weighted by molar-refractivity contribution is 0.617. The highest BCUT2D eigenvalue weighted by Gasteiger charge is 2.05. The smallest absolute Gasteiger partial charge is 0.0446 e. The van der Waals surface area contributed by atoms with E-state index in [4.69, 9.17) is 0 Å². The van der Waals surface area contributed by atoms with Gasteiger partial charge in [-0.2, -0.15) is 0 Å². The molecule has 1 N–H and O–H groups in total. The van der Waals surface area contributed by atoms with Crippen LogP contribution in [0.15, 0.2) is 31.5 Å². The van der Waals surface area contributed by atoms with Crippen LogP contribution in [0.4, 0.5) is 0 Å². The second-order valence-electron chi connectivity index (χ2n) is 3.47. The van der Waals surface area contributed by atoms with Gasteiger partial charge in [0, 0.05) is 30.1 Å². The average molecular weight is 190 g/mol. The lowest BCUT2D eigenvalue weighted by Gasteiger charge is -2.14. The summed E-state index contributed by atoms with van der Waals surface area (Å²) >= 11 is 0. The van der Waals surface area contributed by atoms with Crippen LogP contribution in [0.2, 0.25) is 0 Å². The summed E-state index contributed by atoms with van der Waals surface area (Å²) in [6, 6.07) is 4.48. The highest BCUT2D eigenvalue weighted by atomic mass is 15.0. The molecule has 0 amide bonds. The lowest BCUT2D eigenvalue weighted by Crippen LogP contribution is -2.22. The highest BCUT2D eigenvalue weighted by Crippen LogP contribution is 2.14. The van der Waals surface area contributed by atoms with Gasteiger partial charge in [0.05, 0.1) is 0 Å². The van der Waals surface area contributed by atoms with Crippen molar-refractivity contribution in [1.82, 2.24) is 9.88 Å². The van der Waals surface area contributed by atoms with Crippen LogP contribution in [0.25, 0.3) is 11.8 Å². The predicted molar refractivity (Wildman–Crippen MR) is 63.0 cm³/mol. The van der Waals surface area contributed by atoms with E-state index in [0.29, 0.717) is 6.04 Å². The summed E-state index contributed by atoms with van der Waals surface area (Å²) in [6.45, 7) is 9.98. The second-order valence-corrected chi connectivity index (χ2v) is 3.47. The van der Waals surface area contributed by atoms with Crippen molar-refractivity contribution in [3.8, 4) is 0 Å². The van der Waals surface area contributed by atoms with Gasteiger partial charge in [0.25, 0.3) is 0 Å². The summed E-state index contributed by atoms with van der Waals surface area (Å²) in [5, 5.41) is 3.20. The van der Waals surface area contributed by atoms with E-state index < -0.39 is 0 Å². The van der Waals surface area contributed by atoms with Gasteiger partial charge in [-0.25, -0.2) is 0 Å². The fourth-order valence-corrected chi connectivity index (χ4v) is 1.40. The third kappa shape index (κ3) is 2.36. The van der Waals surface area contributed by atoms with Gasteiger partial charge in [0.1, 0.15) is 0 Å². The van der Waals surface area contributed by atoms with Crippen molar-refractivity contribution < 1.29 is 0 Å². The molecule has 1 heterocycles. The van der Waals surface area contributed by atoms with Gasteiger partial charge in [-0.05, 0) is 32.2 Å². The van der Waals surface area contributed by atoms with Gasteiger partial charge in [-0.15, -0.1) is 0 Å². The standard InChI is InChI=1S/C12H18N2/c1-5-12-7-6-8-14(12)11(3)9-10(2)13-4/h5-8,10,13H,1,3,9H2,2,4H3. The largest absolute Gasteiger partial charge is 0.321 e. The van der Waals surface area contributed by atoms with Crippen LogP contribution in [0.5, 0.6) is 0 Å². The van der Waals surface area contributed by atoms with Crippen LogP contribution in [0, 0.1) is 0 Å². The van der Waals surface area contributed by atoms with Crippen LogP contribution < -0.4 is 5.32 Å². The Bertz CT molecular complexity index is 323. The third-order valence-electron chi connectivity index (χ3n) is 2.36. The first-order valence-corrected chi connectivity index (χ1v) is 4.84. The van der Waals surface area contributed by atoms with E-state index in [2.05, 4.69) is 30.0 Å². The Morgan fingerprint density at radius 1 is 1.71 bits per heavy atom. The molecule has 14 heavy (non-hydrogen) atoms. The molecule has 0 aliphatic heterocycles. The van der Waals surface area contributed by atoms with Crippen LogP contribution in [-0.4, -0.2) is 17.7 Å². The van der Waals surface area contributed by atoms with E-state index in [9.17, 15) is 0 Å². The Morgan fingerprint density at radius 2 is 2.43 bits per heavy atom. The molecule has 0 aliphatic rings. The maximum atomic E-state index is 4.07. The molecule has 0 bridgehead atoms. The van der Waals surface area contributed by atoms with Crippen molar-refractivity contribution in [2.75, 3.05) is 7.05 Å². The molecule has 0 aromatic carbocycles. The molecule has 1 rings (SSSR count). The Balaban J connectivity index is 2.74. The minimum Gasteiger partial charge on any atom is -0.321 e. The lowest BCUT2D eigenvalue weighted by atomic mass is 10.2. The van der Waals surface area contributed by atoms with Crippen molar-refractivity contribution in [2.24, 2.45) is 0 Å². The molecule has 1 atom stereocenters. The first-order valence-electron chi connectivity index (χ1n) is 4.84. The molecule has 0 saturated carbocycles. The first kappa shape index (κ1) is 10.8. The average Bonchev–Trinajstić information content (AvgIpc) is 2.65. The molecule has 0 fully saturated rings.